The van der Waals surface area contributed by atoms with Gasteiger partial charge < -0.3 is 5.11 Å². The summed E-state index contributed by atoms with van der Waals surface area (Å²) < 4.78 is 0. The third-order valence-electron chi connectivity index (χ3n) is 3.08. The van der Waals surface area contributed by atoms with Crippen LogP contribution in [0.25, 0.3) is 0 Å². The fourth-order valence-electron chi connectivity index (χ4n) is 1.96. The zero-order chi connectivity index (χ0) is 12.6. The maximum absolute atomic E-state index is 10.3. The molecular formula is C15H21NO. The number of unbranched alkanes of at least 4 members (excludes halogenated alkanes) is 4. The Morgan fingerprint density at radius 1 is 1.12 bits per heavy atom. The summed E-state index contributed by atoms with van der Waals surface area (Å²) in [6, 6.07) is 11.3. The van der Waals surface area contributed by atoms with E-state index in [1.807, 2.05) is 36.4 Å². The topological polar surface area (TPSA) is 44.0 Å². The largest absolute Gasteiger partial charge is 0.371 e. The van der Waals surface area contributed by atoms with Crippen molar-refractivity contribution in [3.63, 3.8) is 0 Å². The quantitative estimate of drug-likeness (QED) is 0.573. The van der Waals surface area contributed by atoms with E-state index in [0.29, 0.717) is 12.0 Å². The molecule has 1 rings (SSSR count). The molecule has 2 nitrogen and oxygen atoms in total. The highest BCUT2D eigenvalue weighted by molar-refractivity contribution is 5.28. The number of nitrogens with zero attached hydrogens (tertiary/aromatic N) is 1. The molecule has 1 N–H and O–H groups in total. The second-order valence-electron chi connectivity index (χ2n) is 4.50. The predicted molar refractivity (Wildman–Crippen MR) is 69.3 cm³/mol. The average molecular weight is 231 g/mol. The van der Waals surface area contributed by atoms with Gasteiger partial charge in [-0.15, -0.1) is 0 Å². The van der Waals surface area contributed by atoms with Gasteiger partial charge in [-0.1, -0.05) is 62.9 Å². The van der Waals surface area contributed by atoms with Crippen LogP contribution in [0.15, 0.2) is 30.3 Å². The van der Waals surface area contributed by atoms with Crippen LogP contribution in [-0.4, -0.2) is 5.11 Å². The lowest BCUT2D eigenvalue weighted by atomic mass is 9.89. The van der Waals surface area contributed by atoms with E-state index in [9.17, 15) is 5.11 Å². The monoisotopic (exact) mass is 231 g/mol. The summed E-state index contributed by atoms with van der Waals surface area (Å²) in [6.45, 7) is 2.18. The van der Waals surface area contributed by atoms with E-state index >= 15 is 0 Å². The van der Waals surface area contributed by atoms with Crippen molar-refractivity contribution in [3.8, 4) is 6.07 Å². The lowest BCUT2D eigenvalue weighted by molar-refractivity contribution is 0.0845. The summed E-state index contributed by atoms with van der Waals surface area (Å²) in [6.07, 6.45) is 6.14. The van der Waals surface area contributed by atoms with Crippen molar-refractivity contribution >= 4 is 0 Å². The van der Waals surface area contributed by atoms with Gasteiger partial charge in [-0.25, -0.2) is 0 Å². The van der Waals surface area contributed by atoms with Gasteiger partial charge in [0.2, 0.25) is 0 Å². The second kappa shape index (κ2) is 7.09. The highest BCUT2D eigenvalue weighted by atomic mass is 16.3. The summed E-state index contributed by atoms with van der Waals surface area (Å²) in [5.41, 5.74) is -0.606. The molecule has 17 heavy (non-hydrogen) atoms. The van der Waals surface area contributed by atoms with E-state index < -0.39 is 5.60 Å². The maximum Gasteiger partial charge on any atom is 0.176 e. The van der Waals surface area contributed by atoms with E-state index in [0.717, 1.165) is 12.8 Å². The summed E-state index contributed by atoms with van der Waals surface area (Å²) in [5.74, 6) is 0. The van der Waals surface area contributed by atoms with Crippen LogP contribution in [0.5, 0.6) is 0 Å². The molecule has 0 fully saturated rings. The molecule has 0 heterocycles. The minimum atomic E-state index is -1.31. The standard InChI is InChI=1S/C15H21NO/c1-2-3-4-5-9-12-15(17,13-16)14-10-7-6-8-11-14/h6-8,10-11,17H,2-5,9,12H2,1H3/t15-/m0/s1. The molecule has 0 amide bonds. The fraction of sp³-hybridized carbons (Fsp3) is 0.533. The van der Waals surface area contributed by atoms with E-state index in [2.05, 4.69) is 6.92 Å². The zero-order valence-corrected chi connectivity index (χ0v) is 10.5. The Kier molecular flexibility index (Phi) is 5.72. The first-order valence-corrected chi connectivity index (χ1v) is 6.42. The number of benzene rings is 1. The van der Waals surface area contributed by atoms with Crippen molar-refractivity contribution in [3.05, 3.63) is 35.9 Å². The normalized spacial score (nSPS) is 13.9. The van der Waals surface area contributed by atoms with Crippen molar-refractivity contribution in [2.24, 2.45) is 0 Å². The van der Waals surface area contributed by atoms with Crippen molar-refractivity contribution in [1.29, 1.82) is 5.26 Å². The molecule has 0 aliphatic rings. The van der Waals surface area contributed by atoms with E-state index in [1.165, 1.54) is 19.3 Å². The van der Waals surface area contributed by atoms with Gasteiger partial charge in [0, 0.05) is 0 Å². The first-order chi connectivity index (χ1) is 8.23. The second-order valence-corrected chi connectivity index (χ2v) is 4.50. The molecule has 1 atom stereocenters. The zero-order valence-electron chi connectivity index (χ0n) is 10.5. The third-order valence-corrected chi connectivity index (χ3v) is 3.08. The van der Waals surface area contributed by atoms with Crippen LogP contribution in [0.4, 0.5) is 0 Å². The smallest absolute Gasteiger partial charge is 0.176 e. The van der Waals surface area contributed by atoms with Gasteiger partial charge in [-0.05, 0) is 18.4 Å². The number of rotatable bonds is 7. The van der Waals surface area contributed by atoms with Crippen molar-refractivity contribution in [2.45, 2.75) is 51.0 Å². The van der Waals surface area contributed by atoms with Gasteiger partial charge >= 0.3 is 0 Å². The van der Waals surface area contributed by atoms with Crippen LogP contribution in [0.1, 0.15) is 51.0 Å². The number of hydrogen-bond acceptors (Lipinski definition) is 2. The van der Waals surface area contributed by atoms with Gasteiger partial charge in [0.25, 0.3) is 0 Å². The van der Waals surface area contributed by atoms with Crippen molar-refractivity contribution in [1.82, 2.24) is 0 Å². The van der Waals surface area contributed by atoms with Crippen molar-refractivity contribution in [2.75, 3.05) is 0 Å². The van der Waals surface area contributed by atoms with E-state index in [4.69, 9.17) is 5.26 Å². The molecule has 0 aliphatic heterocycles. The number of aliphatic hydroxyl groups is 1. The Balaban J connectivity index is 2.50. The van der Waals surface area contributed by atoms with Gasteiger partial charge in [0.1, 0.15) is 6.07 Å². The maximum atomic E-state index is 10.3. The summed E-state index contributed by atoms with van der Waals surface area (Å²) in [7, 11) is 0. The van der Waals surface area contributed by atoms with E-state index in [1.54, 1.807) is 0 Å². The lowest BCUT2D eigenvalue weighted by Crippen LogP contribution is -2.23. The Morgan fingerprint density at radius 3 is 2.35 bits per heavy atom. The molecule has 0 aromatic heterocycles. The lowest BCUT2D eigenvalue weighted by Gasteiger charge is -2.20. The molecule has 1 aromatic rings. The first kappa shape index (κ1) is 13.7. The number of nitriles is 1. The molecule has 2 heteroatoms. The van der Waals surface area contributed by atoms with Crippen LogP contribution in [-0.2, 0) is 5.60 Å². The van der Waals surface area contributed by atoms with Crippen LogP contribution in [0.3, 0.4) is 0 Å². The molecule has 0 unspecified atom stereocenters. The molecule has 92 valence electrons. The van der Waals surface area contributed by atoms with Crippen LogP contribution >= 0.6 is 0 Å². The Hall–Kier alpha value is -1.33. The Labute approximate surface area is 104 Å². The molecular weight excluding hydrogens is 210 g/mol. The molecule has 0 radical (unpaired) electrons. The average Bonchev–Trinajstić information content (AvgIpc) is 2.39. The summed E-state index contributed by atoms with van der Waals surface area (Å²) in [5, 5.41) is 19.4. The molecule has 0 saturated heterocycles. The predicted octanol–water partition coefficient (Wildman–Crippen LogP) is 3.76. The van der Waals surface area contributed by atoms with Gasteiger partial charge in [-0.3, -0.25) is 0 Å². The molecule has 0 bridgehead atoms. The SMILES string of the molecule is CCCCCCC[C@](O)(C#N)c1ccccc1. The van der Waals surface area contributed by atoms with Crippen LogP contribution in [0, 0.1) is 11.3 Å². The molecule has 0 saturated carbocycles. The van der Waals surface area contributed by atoms with Gasteiger partial charge in [0.15, 0.2) is 5.60 Å². The minimum absolute atomic E-state index is 0.525. The van der Waals surface area contributed by atoms with Crippen molar-refractivity contribution < 1.29 is 5.11 Å². The van der Waals surface area contributed by atoms with Crippen LogP contribution in [0.2, 0.25) is 0 Å². The molecule has 0 aliphatic carbocycles. The highest BCUT2D eigenvalue weighted by Crippen LogP contribution is 2.26. The summed E-state index contributed by atoms with van der Waals surface area (Å²) in [4.78, 5) is 0. The minimum Gasteiger partial charge on any atom is -0.371 e. The Morgan fingerprint density at radius 2 is 1.76 bits per heavy atom. The number of hydrogen-bond donors (Lipinski definition) is 1. The molecule has 1 aromatic carbocycles. The van der Waals surface area contributed by atoms with Gasteiger partial charge in [0.05, 0.1) is 0 Å². The van der Waals surface area contributed by atoms with Crippen LogP contribution < -0.4 is 0 Å². The van der Waals surface area contributed by atoms with E-state index in [-0.39, 0.29) is 0 Å². The molecule has 0 spiro atoms. The first-order valence-electron chi connectivity index (χ1n) is 6.42. The van der Waals surface area contributed by atoms with Gasteiger partial charge in [-0.2, -0.15) is 5.26 Å². The highest BCUT2D eigenvalue weighted by Gasteiger charge is 2.27. The fourth-order valence-corrected chi connectivity index (χ4v) is 1.96. The summed E-state index contributed by atoms with van der Waals surface area (Å²) >= 11 is 0. The third kappa shape index (κ3) is 4.20. The Bertz CT molecular complexity index is 355.